The lowest BCUT2D eigenvalue weighted by Crippen LogP contribution is -2.33. The second-order valence-electron chi connectivity index (χ2n) is 5.14. The molecule has 1 unspecified atom stereocenters. The van der Waals surface area contributed by atoms with Gasteiger partial charge in [-0.1, -0.05) is 25.1 Å². The van der Waals surface area contributed by atoms with Gasteiger partial charge in [-0.15, -0.1) is 0 Å². The summed E-state index contributed by atoms with van der Waals surface area (Å²) >= 11 is 0. The summed E-state index contributed by atoms with van der Waals surface area (Å²) in [5.41, 5.74) is 8.79. The molecule has 0 aliphatic heterocycles. The molecule has 2 nitrogen and oxygen atoms in total. The van der Waals surface area contributed by atoms with Gasteiger partial charge in [0, 0.05) is 29.1 Å². The first-order chi connectivity index (χ1) is 7.75. The van der Waals surface area contributed by atoms with Crippen LogP contribution in [0, 0.1) is 5.92 Å². The Morgan fingerprint density at radius 1 is 1.38 bits per heavy atom. The van der Waals surface area contributed by atoms with E-state index in [9.17, 15) is 0 Å². The molecule has 1 aliphatic rings. The monoisotopic (exact) mass is 214 g/mol. The first kappa shape index (κ1) is 9.91. The topological polar surface area (TPSA) is 41.8 Å². The number of hydrogen-bond donors (Lipinski definition) is 2. The van der Waals surface area contributed by atoms with Crippen molar-refractivity contribution in [1.29, 1.82) is 0 Å². The lowest BCUT2D eigenvalue weighted by molar-refractivity contribution is 0.424. The number of aromatic amines is 1. The molecule has 0 spiro atoms. The molecule has 1 heterocycles. The highest BCUT2D eigenvalue weighted by molar-refractivity contribution is 5.84. The number of aromatic nitrogens is 1. The first-order valence-electron chi connectivity index (χ1n) is 6.02. The third-order valence-corrected chi connectivity index (χ3v) is 4.11. The SMILES string of the molecule is CC(CN)(c1c[nH]c2ccccc12)C1CC1. The van der Waals surface area contributed by atoms with Gasteiger partial charge < -0.3 is 10.7 Å². The fourth-order valence-electron chi connectivity index (χ4n) is 2.76. The molecule has 1 fully saturated rings. The van der Waals surface area contributed by atoms with E-state index in [4.69, 9.17) is 5.73 Å². The highest BCUT2D eigenvalue weighted by Crippen LogP contribution is 2.48. The summed E-state index contributed by atoms with van der Waals surface area (Å²) in [6.07, 6.45) is 4.80. The summed E-state index contributed by atoms with van der Waals surface area (Å²) in [5, 5.41) is 1.34. The van der Waals surface area contributed by atoms with Gasteiger partial charge in [-0.2, -0.15) is 0 Å². The zero-order valence-corrected chi connectivity index (χ0v) is 9.66. The first-order valence-corrected chi connectivity index (χ1v) is 6.02. The molecule has 3 N–H and O–H groups in total. The van der Waals surface area contributed by atoms with Crippen LogP contribution in [0.4, 0.5) is 0 Å². The van der Waals surface area contributed by atoms with Crippen molar-refractivity contribution >= 4 is 10.9 Å². The van der Waals surface area contributed by atoms with E-state index in [1.54, 1.807) is 0 Å². The summed E-state index contributed by atoms with van der Waals surface area (Å²) in [7, 11) is 0. The van der Waals surface area contributed by atoms with Gasteiger partial charge in [0.1, 0.15) is 0 Å². The zero-order chi connectivity index (χ0) is 11.2. The maximum absolute atomic E-state index is 6.02. The Balaban J connectivity index is 2.17. The van der Waals surface area contributed by atoms with E-state index in [1.165, 1.54) is 29.3 Å². The van der Waals surface area contributed by atoms with E-state index in [0.717, 1.165) is 12.5 Å². The molecule has 2 aromatic rings. The van der Waals surface area contributed by atoms with Gasteiger partial charge in [-0.25, -0.2) is 0 Å². The molecule has 1 aliphatic carbocycles. The van der Waals surface area contributed by atoms with E-state index in [-0.39, 0.29) is 5.41 Å². The van der Waals surface area contributed by atoms with Gasteiger partial charge in [-0.3, -0.25) is 0 Å². The van der Waals surface area contributed by atoms with E-state index in [1.807, 2.05) is 0 Å². The maximum atomic E-state index is 6.02. The van der Waals surface area contributed by atoms with Crippen molar-refractivity contribution < 1.29 is 0 Å². The van der Waals surface area contributed by atoms with Crippen LogP contribution in [0.3, 0.4) is 0 Å². The average Bonchev–Trinajstić information content (AvgIpc) is 3.08. The fraction of sp³-hybridized carbons (Fsp3) is 0.429. The third-order valence-electron chi connectivity index (χ3n) is 4.11. The molecule has 0 saturated heterocycles. The largest absolute Gasteiger partial charge is 0.361 e. The molecule has 1 aromatic heterocycles. The van der Waals surface area contributed by atoms with E-state index < -0.39 is 0 Å². The number of nitrogens with one attached hydrogen (secondary N) is 1. The molecule has 3 rings (SSSR count). The van der Waals surface area contributed by atoms with Crippen molar-refractivity contribution in [3.63, 3.8) is 0 Å². The number of benzene rings is 1. The van der Waals surface area contributed by atoms with Crippen LogP contribution in [-0.2, 0) is 5.41 Å². The highest BCUT2D eigenvalue weighted by Gasteiger charge is 2.42. The molecular formula is C14H18N2. The van der Waals surface area contributed by atoms with Gasteiger partial charge in [0.25, 0.3) is 0 Å². The summed E-state index contributed by atoms with van der Waals surface area (Å²) < 4.78 is 0. The Bertz CT molecular complexity index is 510. The third kappa shape index (κ3) is 1.30. The summed E-state index contributed by atoms with van der Waals surface area (Å²) in [6, 6.07) is 8.49. The maximum Gasteiger partial charge on any atom is 0.0457 e. The second-order valence-corrected chi connectivity index (χ2v) is 5.14. The molecule has 1 aromatic carbocycles. The Labute approximate surface area is 95.8 Å². The molecule has 0 amide bonds. The average molecular weight is 214 g/mol. The normalized spacial score (nSPS) is 19.9. The van der Waals surface area contributed by atoms with Crippen LogP contribution >= 0.6 is 0 Å². The summed E-state index contributed by atoms with van der Waals surface area (Å²) in [4.78, 5) is 3.36. The number of nitrogens with two attached hydrogens (primary N) is 1. The lowest BCUT2D eigenvalue weighted by atomic mass is 9.78. The highest BCUT2D eigenvalue weighted by atomic mass is 14.7. The Kier molecular flexibility index (Phi) is 2.08. The zero-order valence-electron chi connectivity index (χ0n) is 9.66. The van der Waals surface area contributed by atoms with Crippen LogP contribution in [0.15, 0.2) is 30.5 Å². The van der Waals surface area contributed by atoms with Gasteiger partial charge in [0.15, 0.2) is 0 Å². The van der Waals surface area contributed by atoms with Gasteiger partial charge >= 0.3 is 0 Å². The van der Waals surface area contributed by atoms with Crippen molar-refractivity contribution in [2.24, 2.45) is 11.7 Å². The molecule has 16 heavy (non-hydrogen) atoms. The minimum atomic E-state index is 0.152. The minimum absolute atomic E-state index is 0.152. The van der Waals surface area contributed by atoms with Gasteiger partial charge in [0.2, 0.25) is 0 Å². The van der Waals surface area contributed by atoms with Crippen LogP contribution in [0.2, 0.25) is 0 Å². The predicted molar refractivity (Wildman–Crippen MR) is 67.4 cm³/mol. The van der Waals surface area contributed by atoms with Crippen LogP contribution in [0.1, 0.15) is 25.3 Å². The van der Waals surface area contributed by atoms with Crippen molar-refractivity contribution in [3.05, 3.63) is 36.0 Å². The molecule has 0 radical (unpaired) electrons. The molecule has 1 saturated carbocycles. The van der Waals surface area contributed by atoms with Gasteiger partial charge in [0.05, 0.1) is 0 Å². The van der Waals surface area contributed by atoms with Crippen LogP contribution in [0.25, 0.3) is 10.9 Å². The number of hydrogen-bond acceptors (Lipinski definition) is 1. The van der Waals surface area contributed by atoms with Crippen molar-refractivity contribution in [2.75, 3.05) is 6.54 Å². The van der Waals surface area contributed by atoms with E-state index in [2.05, 4.69) is 42.4 Å². The van der Waals surface area contributed by atoms with E-state index in [0.29, 0.717) is 0 Å². The molecule has 0 bridgehead atoms. The smallest absolute Gasteiger partial charge is 0.0457 e. The minimum Gasteiger partial charge on any atom is -0.361 e. The van der Waals surface area contributed by atoms with E-state index >= 15 is 0 Å². The Morgan fingerprint density at radius 2 is 2.12 bits per heavy atom. The van der Waals surface area contributed by atoms with Gasteiger partial charge in [-0.05, 0) is 30.4 Å². The molecule has 1 atom stereocenters. The molecular weight excluding hydrogens is 196 g/mol. The number of para-hydroxylation sites is 1. The quantitative estimate of drug-likeness (QED) is 0.810. The fourth-order valence-corrected chi connectivity index (χ4v) is 2.76. The van der Waals surface area contributed by atoms with Crippen molar-refractivity contribution in [3.8, 4) is 0 Å². The van der Waals surface area contributed by atoms with Crippen LogP contribution in [-0.4, -0.2) is 11.5 Å². The second kappa shape index (κ2) is 3.36. The van der Waals surface area contributed by atoms with Crippen molar-refractivity contribution in [1.82, 2.24) is 4.98 Å². The van der Waals surface area contributed by atoms with Crippen LogP contribution in [0.5, 0.6) is 0 Å². The lowest BCUT2D eigenvalue weighted by Gasteiger charge is -2.27. The number of H-pyrrole nitrogens is 1. The Morgan fingerprint density at radius 3 is 2.81 bits per heavy atom. The Hall–Kier alpha value is -1.28. The summed E-state index contributed by atoms with van der Waals surface area (Å²) in [5.74, 6) is 0.775. The predicted octanol–water partition coefficient (Wildman–Crippen LogP) is 2.79. The number of rotatable bonds is 3. The molecule has 84 valence electrons. The number of fused-ring (bicyclic) bond motifs is 1. The van der Waals surface area contributed by atoms with Crippen molar-refractivity contribution in [2.45, 2.75) is 25.2 Å². The molecule has 2 heteroatoms. The summed E-state index contributed by atoms with van der Waals surface area (Å²) in [6.45, 7) is 3.04. The van der Waals surface area contributed by atoms with Crippen LogP contribution < -0.4 is 5.73 Å². The standard InChI is InChI=1S/C14H18N2/c1-14(9-15,10-6-7-10)12-8-16-13-5-3-2-4-11(12)13/h2-5,8,10,16H,6-7,9,15H2,1H3.